The van der Waals surface area contributed by atoms with Gasteiger partial charge < -0.3 is 15.0 Å². The number of hydrogen-bond donors (Lipinski definition) is 2. The van der Waals surface area contributed by atoms with E-state index < -0.39 is 0 Å². The molecule has 182 valence electrons. The standard InChI is InChI=1S/C26H32N4O3.ClH/c1-18-10-11-19(25-21-7-3-4-8-22(21)26(32)29-28-25)17-23(18)27-24(31)9-5-6-14-30-15-12-20(33-2)13-16-30;/h3-4,7-8,10-11,17,20H,5-6,9,12-16H2,1-2H3,(H,27,31)(H,29,32);1H. The first-order valence-electron chi connectivity index (χ1n) is 11.7. The summed E-state index contributed by atoms with van der Waals surface area (Å²) in [5, 5.41) is 11.3. The van der Waals surface area contributed by atoms with Crippen LogP contribution >= 0.6 is 12.4 Å². The molecule has 0 unspecified atom stereocenters. The van der Waals surface area contributed by atoms with Crippen molar-refractivity contribution in [1.29, 1.82) is 0 Å². The summed E-state index contributed by atoms with van der Waals surface area (Å²) in [6.45, 7) is 5.15. The van der Waals surface area contributed by atoms with E-state index in [0.717, 1.165) is 67.5 Å². The molecule has 2 heterocycles. The highest BCUT2D eigenvalue weighted by Crippen LogP contribution is 2.28. The number of anilines is 1. The number of likely N-dealkylation sites (tertiary alicyclic amines) is 1. The topological polar surface area (TPSA) is 87.3 Å². The zero-order valence-corrected chi connectivity index (χ0v) is 20.6. The SMILES string of the molecule is COC1CCN(CCCCC(=O)Nc2cc(-c3n[nH]c(=O)c4ccccc34)ccc2C)CC1.Cl. The molecule has 7 nitrogen and oxygen atoms in total. The number of carbonyl (C=O) groups excluding carboxylic acids is 1. The summed E-state index contributed by atoms with van der Waals surface area (Å²) in [6, 6.07) is 13.3. The largest absolute Gasteiger partial charge is 0.381 e. The van der Waals surface area contributed by atoms with Crippen LogP contribution in [0.3, 0.4) is 0 Å². The average Bonchev–Trinajstić information content (AvgIpc) is 2.84. The van der Waals surface area contributed by atoms with Crippen LogP contribution in [0.4, 0.5) is 5.69 Å². The Hall–Kier alpha value is -2.74. The maximum Gasteiger partial charge on any atom is 0.272 e. The van der Waals surface area contributed by atoms with Crippen molar-refractivity contribution in [3.05, 3.63) is 58.4 Å². The molecule has 34 heavy (non-hydrogen) atoms. The van der Waals surface area contributed by atoms with Gasteiger partial charge in [-0.1, -0.05) is 30.3 Å². The number of aryl methyl sites for hydroxylation is 1. The smallest absolute Gasteiger partial charge is 0.272 e. The number of fused-ring (bicyclic) bond motifs is 1. The molecule has 4 rings (SSSR count). The molecule has 0 radical (unpaired) electrons. The average molecular weight is 485 g/mol. The summed E-state index contributed by atoms with van der Waals surface area (Å²) < 4.78 is 5.43. The second kappa shape index (κ2) is 12.1. The Morgan fingerprint density at radius 3 is 2.62 bits per heavy atom. The lowest BCUT2D eigenvalue weighted by atomic mass is 10.0. The van der Waals surface area contributed by atoms with Crippen molar-refractivity contribution in [2.45, 2.75) is 45.1 Å². The molecule has 0 spiro atoms. The number of hydrogen-bond acceptors (Lipinski definition) is 5. The number of benzene rings is 2. The van der Waals surface area contributed by atoms with E-state index >= 15 is 0 Å². The van der Waals surface area contributed by atoms with Gasteiger partial charge in [0.1, 0.15) is 0 Å². The van der Waals surface area contributed by atoms with Crippen molar-refractivity contribution >= 4 is 34.8 Å². The van der Waals surface area contributed by atoms with Crippen molar-refractivity contribution in [3.8, 4) is 11.3 Å². The van der Waals surface area contributed by atoms with E-state index in [1.807, 2.05) is 43.3 Å². The lowest BCUT2D eigenvalue weighted by Gasteiger charge is -2.31. The number of aromatic nitrogens is 2. The van der Waals surface area contributed by atoms with Crippen molar-refractivity contribution < 1.29 is 9.53 Å². The molecule has 3 aromatic rings. The predicted molar refractivity (Wildman–Crippen MR) is 139 cm³/mol. The molecular formula is C26H33ClN4O3. The van der Waals surface area contributed by atoms with Crippen LogP contribution in [-0.2, 0) is 9.53 Å². The molecule has 1 fully saturated rings. The van der Waals surface area contributed by atoms with Gasteiger partial charge in [0.2, 0.25) is 5.91 Å². The van der Waals surface area contributed by atoms with Crippen molar-refractivity contribution in [2.24, 2.45) is 0 Å². The van der Waals surface area contributed by atoms with Crippen molar-refractivity contribution in [1.82, 2.24) is 15.1 Å². The van der Waals surface area contributed by atoms with E-state index in [9.17, 15) is 9.59 Å². The third kappa shape index (κ3) is 6.23. The Balaban J connectivity index is 0.00000324. The van der Waals surface area contributed by atoms with Gasteiger partial charge in [0.25, 0.3) is 5.56 Å². The maximum atomic E-state index is 12.6. The number of methoxy groups -OCH3 is 1. The van der Waals surface area contributed by atoms with Gasteiger partial charge in [-0.25, -0.2) is 5.10 Å². The first-order chi connectivity index (χ1) is 16.0. The quantitative estimate of drug-likeness (QED) is 0.458. The van der Waals surface area contributed by atoms with E-state index in [0.29, 0.717) is 23.6 Å². The zero-order valence-electron chi connectivity index (χ0n) is 19.8. The molecule has 1 aliphatic rings. The number of rotatable bonds is 8. The Labute approximate surface area is 206 Å². The molecule has 0 atom stereocenters. The summed E-state index contributed by atoms with van der Waals surface area (Å²) in [7, 11) is 1.79. The Bertz CT molecular complexity index is 1170. The second-order valence-corrected chi connectivity index (χ2v) is 8.76. The van der Waals surface area contributed by atoms with Crippen LogP contribution in [-0.4, -0.2) is 53.9 Å². The van der Waals surface area contributed by atoms with Gasteiger partial charge in [0.05, 0.1) is 17.2 Å². The Kier molecular flexibility index (Phi) is 9.21. The fourth-order valence-electron chi connectivity index (χ4n) is 4.44. The van der Waals surface area contributed by atoms with Crippen LogP contribution in [0.1, 0.15) is 37.7 Å². The number of H-pyrrole nitrogens is 1. The number of carbonyl (C=O) groups is 1. The Morgan fingerprint density at radius 1 is 1.15 bits per heavy atom. The monoisotopic (exact) mass is 484 g/mol. The number of amides is 1. The highest BCUT2D eigenvalue weighted by molar-refractivity contribution is 5.96. The molecule has 0 bridgehead atoms. The van der Waals surface area contributed by atoms with E-state index in [1.54, 1.807) is 13.2 Å². The van der Waals surface area contributed by atoms with Crippen LogP contribution < -0.4 is 10.9 Å². The number of unbranched alkanes of at least 4 members (excludes halogenated alkanes) is 1. The minimum absolute atomic E-state index is 0. The van der Waals surface area contributed by atoms with Gasteiger partial charge >= 0.3 is 0 Å². The highest BCUT2D eigenvalue weighted by Gasteiger charge is 2.18. The normalized spacial score (nSPS) is 14.6. The van der Waals surface area contributed by atoms with Gasteiger partial charge in [-0.2, -0.15) is 5.10 Å². The third-order valence-corrected chi connectivity index (χ3v) is 6.48. The fraction of sp³-hybridized carbons (Fsp3) is 0.423. The minimum Gasteiger partial charge on any atom is -0.381 e. The Morgan fingerprint density at radius 2 is 1.88 bits per heavy atom. The summed E-state index contributed by atoms with van der Waals surface area (Å²) >= 11 is 0. The summed E-state index contributed by atoms with van der Waals surface area (Å²) in [6.07, 6.45) is 4.95. The minimum atomic E-state index is -0.210. The summed E-state index contributed by atoms with van der Waals surface area (Å²) in [5.41, 5.74) is 3.09. The van der Waals surface area contributed by atoms with Crippen molar-refractivity contribution in [2.75, 3.05) is 32.1 Å². The highest BCUT2D eigenvalue weighted by atomic mass is 35.5. The first-order valence-corrected chi connectivity index (χ1v) is 11.7. The molecule has 8 heteroatoms. The van der Waals surface area contributed by atoms with Gasteiger partial charge in [-0.05, 0) is 56.8 Å². The van der Waals surface area contributed by atoms with E-state index in [4.69, 9.17) is 4.74 Å². The van der Waals surface area contributed by atoms with Crippen LogP contribution in [0.25, 0.3) is 22.0 Å². The molecule has 1 saturated heterocycles. The molecular weight excluding hydrogens is 452 g/mol. The maximum absolute atomic E-state index is 12.6. The van der Waals surface area contributed by atoms with Crippen LogP contribution in [0.2, 0.25) is 0 Å². The molecule has 1 amide bonds. The van der Waals surface area contributed by atoms with E-state index in [2.05, 4.69) is 20.4 Å². The molecule has 1 aromatic heterocycles. The number of halogens is 1. The zero-order chi connectivity index (χ0) is 23.2. The number of piperidine rings is 1. The van der Waals surface area contributed by atoms with Gasteiger partial charge in [0, 0.05) is 43.3 Å². The van der Waals surface area contributed by atoms with Gasteiger partial charge in [-0.3, -0.25) is 9.59 Å². The van der Waals surface area contributed by atoms with Crippen molar-refractivity contribution in [3.63, 3.8) is 0 Å². The third-order valence-electron chi connectivity index (χ3n) is 6.48. The number of nitrogens with one attached hydrogen (secondary N) is 2. The molecule has 2 N–H and O–H groups in total. The van der Waals surface area contributed by atoms with Crippen LogP contribution in [0.5, 0.6) is 0 Å². The lowest BCUT2D eigenvalue weighted by molar-refractivity contribution is -0.116. The molecule has 0 saturated carbocycles. The molecule has 1 aliphatic heterocycles. The van der Waals surface area contributed by atoms with Crippen LogP contribution in [0.15, 0.2) is 47.3 Å². The lowest BCUT2D eigenvalue weighted by Crippen LogP contribution is -2.37. The fourth-order valence-corrected chi connectivity index (χ4v) is 4.44. The predicted octanol–water partition coefficient (Wildman–Crippen LogP) is 4.54. The van der Waals surface area contributed by atoms with Gasteiger partial charge in [-0.15, -0.1) is 12.4 Å². The number of aromatic amines is 1. The number of nitrogens with zero attached hydrogens (tertiary/aromatic N) is 2. The van der Waals surface area contributed by atoms with E-state index in [-0.39, 0.29) is 23.9 Å². The number of ether oxygens (including phenoxy) is 1. The summed E-state index contributed by atoms with van der Waals surface area (Å²) in [5.74, 6) is 0.0210. The summed E-state index contributed by atoms with van der Waals surface area (Å²) in [4.78, 5) is 27.2. The van der Waals surface area contributed by atoms with Crippen LogP contribution in [0, 0.1) is 6.92 Å². The first kappa shape index (κ1) is 25.9. The molecule has 0 aliphatic carbocycles. The van der Waals surface area contributed by atoms with E-state index in [1.165, 1.54) is 0 Å². The second-order valence-electron chi connectivity index (χ2n) is 8.76. The molecule has 2 aromatic carbocycles. The van der Waals surface area contributed by atoms with Gasteiger partial charge in [0.15, 0.2) is 0 Å².